The van der Waals surface area contributed by atoms with Crippen LogP contribution in [0.5, 0.6) is 11.5 Å². The van der Waals surface area contributed by atoms with Gasteiger partial charge >= 0.3 is 5.69 Å². The fourth-order valence-corrected chi connectivity index (χ4v) is 2.27. The summed E-state index contributed by atoms with van der Waals surface area (Å²) in [5, 5.41) is 14.2. The van der Waals surface area contributed by atoms with Gasteiger partial charge in [-0.2, -0.15) is 0 Å². The molecule has 110 valence electrons. The molecule has 0 atom stereocenters. The highest BCUT2D eigenvalue weighted by atomic mass is 79.9. The average molecular weight is 351 g/mol. The highest BCUT2D eigenvalue weighted by Gasteiger charge is 2.17. The van der Waals surface area contributed by atoms with Crippen LogP contribution in [0.2, 0.25) is 0 Å². The molecular weight excluding hydrogens is 336 g/mol. The third kappa shape index (κ3) is 3.80. The number of ether oxygens (including phenoxy) is 1. The first-order valence-electron chi connectivity index (χ1n) is 6.37. The molecule has 0 fully saturated rings. The molecule has 0 radical (unpaired) electrons. The van der Waals surface area contributed by atoms with Crippen molar-refractivity contribution in [3.63, 3.8) is 0 Å². The summed E-state index contributed by atoms with van der Waals surface area (Å²) in [4.78, 5) is 10.7. The molecule has 2 aromatic carbocycles. The monoisotopic (exact) mass is 350 g/mol. The molecule has 1 N–H and O–H groups in total. The molecule has 0 amide bonds. The zero-order chi connectivity index (χ0) is 15.4. The van der Waals surface area contributed by atoms with Crippen molar-refractivity contribution in [1.82, 2.24) is 5.32 Å². The summed E-state index contributed by atoms with van der Waals surface area (Å²) in [7, 11) is 1.83. The molecule has 0 saturated carbocycles. The van der Waals surface area contributed by atoms with Gasteiger partial charge in [0.05, 0.1) is 4.92 Å². The van der Waals surface area contributed by atoms with Crippen LogP contribution >= 0.6 is 15.9 Å². The molecular formula is C15H15BrN2O3. The summed E-state index contributed by atoms with van der Waals surface area (Å²) in [6.07, 6.45) is 0. The minimum Gasteiger partial charge on any atom is -0.450 e. The van der Waals surface area contributed by atoms with Gasteiger partial charge in [0.1, 0.15) is 5.75 Å². The molecule has 5 nitrogen and oxygen atoms in total. The van der Waals surface area contributed by atoms with Crippen molar-refractivity contribution in [3.8, 4) is 11.5 Å². The molecule has 0 aliphatic carbocycles. The third-order valence-corrected chi connectivity index (χ3v) is 3.42. The van der Waals surface area contributed by atoms with Crippen molar-refractivity contribution in [2.75, 3.05) is 7.05 Å². The van der Waals surface area contributed by atoms with Gasteiger partial charge in [0.15, 0.2) is 0 Å². The number of benzene rings is 2. The largest absolute Gasteiger partial charge is 0.450 e. The third-order valence-electron chi connectivity index (χ3n) is 2.93. The summed E-state index contributed by atoms with van der Waals surface area (Å²) in [6, 6.07) is 10.5. The molecule has 0 bridgehead atoms. The normalized spacial score (nSPS) is 10.4. The first-order chi connectivity index (χ1) is 10.0. The van der Waals surface area contributed by atoms with E-state index in [1.807, 2.05) is 26.1 Å². The van der Waals surface area contributed by atoms with Gasteiger partial charge in [-0.3, -0.25) is 10.1 Å². The highest BCUT2D eigenvalue weighted by Crippen LogP contribution is 2.34. The Morgan fingerprint density at radius 1 is 1.24 bits per heavy atom. The molecule has 0 heterocycles. The zero-order valence-corrected chi connectivity index (χ0v) is 13.3. The van der Waals surface area contributed by atoms with Crippen molar-refractivity contribution in [3.05, 3.63) is 62.1 Å². The number of nitro groups is 1. The molecule has 2 aromatic rings. The number of aryl methyl sites for hydroxylation is 1. The maximum Gasteiger partial charge on any atom is 0.311 e. The van der Waals surface area contributed by atoms with Crippen LogP contribution in [0.3, 0.4) is 0 Å². The van der Waals surface area contributed by atoms with Crippen LogP contribution in [0.1, 0.15) is 11.1 Å². The quantitative estimate of drug-likeness (QED) is 0.648. The van der Waals surface area contributed by atoms with Crippen LogP contribution in [-0.2, 0) is 6.54 Å². The highest BCUT2D eigenvalue weighted by molar-refractivity contribution is 9.10. The van der Waals surface area contributed by atoms with Gasteiger partial charge < -0.3 is 10.1 Å². The smallest absolute Gasteiger partial charge is 0.311 e. The zero-order valence-electron chi connectivity index (χ0n) is 11.7. The lowest BCUT2D eigenvalue weighted by atomic mass is 10.2. The minimum absolute atomic E-state index is 0.0367. The van der Waals surface area contributed by atoms with E-state index in [2.05, 4.69) is 21.2 Å². The van der Waals surface area contributed by atoms with Gasteiger partial charge in [-0.05, 0) is 37.7 Å². The second-order valence-electron chi connectivity index (χ2n) is 4.61. The Labute approximate surface area is 131 Å². The molecule has 21 heavy (non-hydrogen) atoms. The fraction of sp³-hybridized carbons (Fsp3) is 0.200. The first-order valence-corrected chi connectivity index (χ1v) is 7.16. The van der Waals surface area contributed by atoms with Crippen LogP contribution in [-0.4, -0.2) is 12.0 Å². The van der Waals surface area contributed by atoms with Crippen LogP contribution in [0.15, 0.2) is 40.9 Å². The molecule has 0 aromatic heterocycles. The number of nitro benzene ring substituents is 1. The fourth-order valence-electron chi connectivity index (χ4n) is 1.93. The Balaban J connectivity index is 2.42. The molecule has 0 aliphatic heterocycles. The Kier molecular flexibility index (Phi) is 4.93. The van der Waals surface area contributed by atoms with Gasteiger partial charge in [-0.15, -0.1) is 0 Å². The molecule has 0 aliphatic rings. The van der Waals surface area contributed by atoms with Crippen LogP contribution in [0, 0.1) is 17.0 Å². The van der Waals surface area contributed by atoms with Crippen LogP contribution in [0.4, 0.5) is 5.69 Å². The maximum absolute atomic E-state index is 11.1. The topological polar surface area (TPSA) is 64.4 Å². The van der Waals surface area contributed by atoms with E-state index in [1.54, 1.807) is 18.2 Å². The molecule has 0 saturated heterocycles. The number of nitrogens with zero attached hydrogens (tertiary/aromatic N) is 1. The van der Waals surface area contributed by atoms with Crippen LogP contribution < -0.4 is 10.1 Å². The summed E-state index contributed by atoms with van der Waals surface area (Å²) in [5.74, 6) is 0.826. The lowest BCUT2D eigenvalue weighted by molar-refractivity contribution is -0.385. The Morgan fingerprint density at radius 2 is 2.00 bits per heavy atom. The van der Waals surface area contributed by atoms with Gasteiger partial charge in [0, 0.05) is 22.6 Å². The van der Waals surface area contributed by atoms with E-state index in [4.69, 9.17) is 4.74 Å². The molecule has 6 heteroatoms. The molecule has 0 spiro atoms. The summed E-state index contributed by atoms with van der Waals surface area (Å²) in [6.45, 7) is 2.42. The summed E-state index contributed by atoms with van der Waals surface area (Å²) in [5.41, 5.74) is 1.71. The van der Waals surface area contributed by atoms with Crippen molar-refractivity contribution in [1.29, 1.82) is 0 Å². The molecule has 2 rings (SSSR count). The Bertz CT molecular complexity index is 674. The van der Waals surface area contributed by atoms with Gasteiger partial charge in [-0.1, -0.05) is 28.1 Å². The van der Waals surface area contributed by atoms with Gasteiger partial charge in [-0.25, -0.2) is 0 Å². The SMILES string of the molecule is CNCc1ccc(Br)cc1Oc1ccc(C)cc1[N+](=O)[O-]. The summed E-state index contributed by atoms with van der Waals surface area (Å²) < 4.78 is 6.63. The van der Waals surface area contributed by atoms with Crippen molar-refractivity contribution < 1.29 is 9.66 Å². The van der Waals surface area contributed by atoms with E-state index in [-0.39, 0.29) is 11.4 Å². The lowest BCUT2D eigenvalue weighted by Crippen LogP contribution is -2.06. The average Bonchev–Trinajstić information content (AvgIpc) is 2.43. The second-order valence-corrected chi connectivity index (χ2v) is 5.53. The van der Waals surface area contributed by atoms with Crippen molar-refractivity contribution in [2.45, 2.75) is 13.5 Å². The van der Waals surface area contributed by atoms with Crippen molar-refractivity contribution >= 4 is 21.6 Å². The maximum atomic E-state index is 11.1. The summed E-state index contributed by atoms with van der Waals surface area (Å²) >= 11 is 3.39. The van der Waals surface area contributed by atoms with E-state index in [9.17, 15) is 10.1 Å². The van der Waals surface area contributed by atoms with E-state index in [0.717, 1.165) is 15.6 Å². The van der Waals surface area contributed by atoms with E-state index in [1.165, 1.54) is 6.07 Å². The predicted molar refractivity (Wildman–Crippen MR) is 84.8 cm³/mol. The van der Waals surface area contributed by atoms with Crippen LogP contribution in [0.25, 0.3) is 0 Å². The second kappa shape index (κ2) is 6.69. The lowest BCUT2D eigenvalue weighted by Gasteiger charge is -2.12. The van der Waals surface area contributed by atoms with Crippen molar-refractivity contribution in [2.24, 2.45) is 0 Å². The molecule has 0 unspecified atom stereocenters. The number of rotatable bonds is 5. The first kappa shape index (κ1) is 15.5. The number of hydrogen-bond donors (Lipinski definition) is 1. The van der Waals surface area contributed by atoms with Gasteiger partial charge in [0.2, 0.25) is 5.75 Å². The minimum atomic E-state index is -0.432. The standard InChI is InChI=1S/C15H15BrN2O3/c1-10-3-6-14(13(7-10)18(19)20)21-15-8-12(16)5-4-11(15)9-17-2/h3-8,17H,9H2,1-2H3. The predicted octanol–water partition coefficient (Wildman–Crippen LogP) is 4.18. The number of halogens is 1. The van der Waals surface area contributed by atoms with Gasteiger partial charge in [0.25, 0.3) is 0 Å². The van der Waals surface area contributed by atoms with E-state index >= 15 is 0 Å². The Hall–Kier alpha value is -1.92. The van der Waals surface area contributed by atoms with E-state index < -0.39 is 4.92 Å². The number of hydrogen-bond acceptors (Lipinski definition) is 4. The Morgan fingerprint density at radius 3 is 2.67 bits per heavy atom. The number of nitrogens with one attached hydrogen (secondary N) is 1. The van der Waals surface area contributed by atoms with E-state index in [0.29, 0.717) is 12.3 Å².